The minimum absolute atomic E-state index is 0.588. The number of hydrogen-bond donors (Lipinski definition) is 1. The maximum absolute atomic E-state index is 11.6. The number of benzene rings is 2. The lowest BCUT2D eigenvalue weighted by molar-refractivity contribution is -0.550. The summed E-state index contributed by atoms with van der Waals surface area (Å²) >= 11 is 3.50. The maximum Gasteiger partial charge on any atom is 0.270 e. The van der Waals surface area contributed by atoms with Crippen molar-refractivity contribution in [3.63, 3.8) is 0 Å². The topological polar surface area (TPSA) is 35.7 Å². The van der Waals surface area contributed by atoms with Crippen molar-refractivity contribution < 1.29 is 14.4 Å². The molecule has 0 spiro atoms. The van der Waals surface area contributed by atoms with Crippen molar-refractivity contribution in [2.75, 3.05) is 20.2 Å². The highest BCUT2D eigenvalue weighted by Gasteiger charge is 2.53. The molecule has 0 aromatic heterocycles. The Kier molecular flexibility index (Phi) is 4.76. The van der Waals surface area contributed by atoms with Crippen LogP contribution in [-0.4, -0.2) is 40.6 Å². The molecule has 1 N–H and O–H groups in total. The molecule has 4 rings (SSSR count). The van der Waals surface area contributed by atoms with Crippen molar-refractivity contribution in [2.45, 2.75) is 31.5 Å². The van der Waals surface area contributed by atoms with E-state index < -0.39 is 5.72 Å². The van der Waals surface area contributed by atoms with E-state index in [9.17, 15) is 5.11 Å². The Bertz CT molecular complexity index is 817. The van der Waals surface area contributed by atoms with Gasteiger partial charge in [0.05, 0.1) is 13.7 Å². The Labute approximate surface area is 162 Å². The molecule has 2 aromatic rings. The second-order valence-electron chi connectivity index (χ2n) is 7.05. The molecule has 2 aliphatic heterocycles. The van der Waals surface area contributed by atoms with Crippen molar-refractivity contribution in [3.8, 4) is 5.75 Å². The monoisotopic (exact) mass is 415 g/mol. The summed E-state index contributed by atoms with van der Waals surface area (Å²) in [5, 5.41) is 11.6. The van der Waals surface area contributed by atoms with Crippen molar-refractivity contribution in [1.29, 1.82) is 0 Å². The Morgan fingerprint density at radius 2 is 1.85 bits per heavy atom. The number of β-amino-alcohol motifs (C(OH)–C–C–N with tert-alkyl or cyclic N) is 1. The number of amidine groups is 1. The number of halogens is 1. The Morgan fingerprint density at radius 3 is 2.54 bits per heavy atom. The summed E-state index contributed by atoms with van der Waals surface area (Å²) in [4.78, 5) is 2.21. The molecule has 2 aromatic carbocycles. The molecule has 0 saturated carbocycles. The number of hydrogen-bond acceptors (Lipinski definition) is 3. The van der Waals surface area contributed by atoms with Gasteiger partial charge in [-0.1, -0.05) is 28.1 Å². The van der Waals surface area contributed by atoms with E-state index in [1.807, 2.05) is 24.3 Å². The number of aliphatic hydroxyl groups is 1. The minimum atomic E-state index is -0.975. The molecule has 1 saturated heterocycles. The summed E-state index contributed by atoms with van der Waals surface area (Å²) in [5.74, 6) is 2.07. The van der Waals surface area contributed by atoms with Crippen molar-refractivity contribution in [2.24, 2.45) is 0 Å². The van der Waals surface area contributed by atoms with Gasteiger partial charge in [-0.2, -0.15) is 0 Å². The van der Waals surface area contributed by atoms with Crippen LogP contribution in [0, 0.1) is 0 Å². The zero-order valence-electron chi connectivity index (χ0n) is 15.0. The van der Waals surface area contributed by atoms with Crippen LogP contribution >= 0.6 is 15.9 Å². The summed E-state index contributed by atoms with van der Waals surface area (Å²) in [6, 6.07) is 16.2. The van der Waals surface area contributed by atoms with Gasteiger partial charge in [-0.05, 0) is 54.8 Å². The third-order valence-electron chi connectivity index (χ3n) is 5.41. The van der Waals surface area contributed by atoms with E-state index in [1.165, 1.54) is 17.8 Å². The molecule has 5 heteroatoms. The van der Waals surface area contributed by atoms with Gasteiger partial charge in [0.15, 0.2) is 6.54 Å². The van der Waals surface area contributed by atoms with E-state index in [-0.39, 0.29) is 0 Å². The Hall–Kier alpha value is -1.85. The number of piperidine rings is 1. The number of fused-ring (bicyclic) bond motifs is 1. The predicted octanol–water partition coefficient (Wildman–Crippen LogP) is 3.71. The highest BCUT2D eigenvalue weighted by Crippen LogP contribution is 2.36. The van der Waals surface area contributed by atoms with E-state index in [4.69, 9.17) is 4.74 Å². The summed E-state index contributed by atoms with van der Waals surface area (Å²) in [6.07, 6.45) is 3.32. The van der Waals surface area contributed by atoms with Gasteiger partial charge in [0.1, 0.15) is 12.3 Å². The van der Waals surface area contributed by atoms with Gasteiger partial charge >= 0.3 is 0 Å². The molecule has 1 fully saturated rings. The van der Waals surface area contributed by atoms with Crippen LogP contribution < -0.4 is 4.74 Å². The largest absolute Gasteiger partial charge is 0.497 e. The molecule has 1 atom stereocenters. The molecule has 2 aliphatic rings. The van der Waals surface area contributed by atoms with E-state index >= 15 is 0 Å². The first-order valence-electron chi connectivity index (χ1n) is 9.10. The van der Waals surface area contributed by atoms with Crippen LogP contribution in [0.15, 0.2) is 53.0 Å². The van der Waals surface area contributed by atoms with Gasteiger partial charge in [-0.3, -0.25) is 4.58 Å². The number of nitrogens with zero attached hydrogens (tertiary/aromatic N) is 2. The van der Waals surface area contributed by atoms with E-state index in [2.05, 4.69) is 49.7 Å². The van der Waals surface area contributed by atoms with Gasteiger partial charge in [0, 0.05) is 16.5 Å². The lowest BCUT2D eigenvalue weighted by atomic mass is 9.99. The highest BCUT2D eigenvalue weighted by atomic mass is 79.9. The predicted molar refractivity (Wildman–Crippen MR) is 105 cm³/mol. The fourth-order valence-corrected chi connectivity index (χ4v) is 4.31. The second kappa shape index (κ2) is 7.05. The molecule has 0 aliphatic carbocycles. The number of rotatable bonds is 4. The number of methoxy groups -OCH3 is 1. The molecule has 0 radical (unpaired) electrons. The van der Waals surface area contributed by atoms with Crippen molar-refractivity contribution in [1.82, 2.24) is 4.90 Å². The SMILES string of the molecule is COc1ccc([C@@]2(O)C[N+](Cc3ccc(Br)cc3)=C3CCCCN32)cc1. The highest BCUT2D eigenvalue weighted by molar-refractivity contribution is 9.10. The average Bonchev–Trinajstić information content (AvgIpc) is 2.97. The quantitative estimate of drug-likeness (QED) is 0.772. The van der Waals surface area contributed by atoms with Crippen LogP contribution in [0.2, 0.25) is 0 Å². The molecule has 0 amide bonds. The first-order valence-corrected chi connectivity index (χ1v) is 9.89. The molecule has 0 bridgehead atoms. The lowest BCUT2D eigenvalue weighted by Crippen LogP contribution is -2.48. The minimum Gasteiger partial charge on any atom is -0.497 e. The van der Waals surface area contributed by atoms with Crippen molar-refractivity contribution >= 4 is 21.8 Å². The lowest BCUT2D eigenvalue weighted by Gasteiger charge is -2.31. The standard InChI is InChI=1S/C21H24BrN2O2/c1-26-19-11-7-17(8-12-19)21(25)15-23(20-4-2-3-13-24(20)21)14-16-5-9-18(22)10-6-16/h5-12,25H,2-4,13-15H2,1H3/q+1/t21-/m0/s1. The van der Waals surface area contributed by atoms with Crippen LogP contribution in [0.5, 0.6) is 5.75 Å². The normalized spacial score (nSPS) is 22.5. The molecule has 2 heterocycles. The van der Waals surface area contributed by atoms with Crippen LogP contribution in [0.1, 0.15) is 30.4 Å². The second-order valence-corrected chi connectivity index (χ2v) is 7.97. The maximum atomic E-state index is 11.6. The fourth-order valence-electron chi connectivity index (χ4n) is 4.05. The average molecular weight is 416 g/mol. The van der Waals surface area contributed by atoms with Gasteiger partial charge in [0.25, 0.3) is 5.72 Å². The molecular formula is C21H24BrN2O2+. The third-order valence-corrected chi connectivity index (χ3v) is 5.93. The number of ether oxygens (including phenoxy) is 1. The molecule has 4 nitrogen and oxygen atoms in total. The van der Waals surface area contributed by atoms with Crippen LogP contribution in [0.4, 0.5) is 0 Å². The molecule has 136 valence electrons. The zero-order valence-corrected chi connectivity index (χ0v) is 16.6. The van der Waals surface area contributed by atoms with E-state index in [0.29, 0.717) is 6.54 Å². The van der Waals surface area contributed by atoms with E-state index in [0.717, 1.165) is 41.7 Å². The van der Waals surface area contributed by atoms with Gasteiger partial charge < -0.3 is 9.84 Å². The third kappa shape index (κ3) is 3.14. The summed E-state index contributed by atoms with van der Waals surface area (Å²) in [7, 11) is 1.66. The van der Waals surface area contributed by atoms with Gasteiger partial charge in [-0.25, -0.2) is 4.90 Å². The van der Waals surface area contributed by atoms with Gasteiger partial charge in [0.2, 0.25) is 5.84 Å². The Morgan fingerprint density at radius 1 is 1.12 bits per heavy atom. The zero-order chi connectivity index (χ0) is 18.1. The molecule has 0 unspecified atom stereocenters. The Balaban J connectivity index is 1.65. The first-order chi connectivity index (χ1) is 12.6. The smallest absolute Gasteiger partial charge is 0.270 e. The summed E-state index contributed by atoms with van der Waals surface area (Å²) in [6.45, 7) is 2.30. The van der Waals surface area contributed by atoms with Crippen LogP contribution in [-0.2, 0) is 12.3 Å². The molecular weight excluding hydrogens is 392 g/mol. The van der Waals surface area contributed by atoms with Crippen molar-refractivity contribution in [3.05, 3.63) is 64.1 Å². The van der Waals surface area contributed by atoms with E-state index in [1.54, 1.807) is 7.11 Å². The van der Waals surface area contributed by atoms with Crippen LogP contribution in [0.25, 0.3) is 0 Å². The summed E-state index contributed by atoms with van der Waals surface area (Å²) in [5.41, 5.74) is 1.21. The first kappa shape index (κ1) is 17.6. The van der Waals surface area contributed by atoms with Crippen LogP contribution in [0.3, 0.4) is 0 Å². The summed E-state index contributed by atoms with van der Waals surface area (Å²) < 4.78 is 8.69. The van der Waals surface area contributed by atoms with Gasteiger partial charge in [-0.15, -0.1) is 0 Å². The molecule has 26 heavy (non-hydrogen) atoms. The fraction of sp³-hybridized carbons (Fsp3) is 0.381.